The van der Waals surface area contributed by atoms with Gasteiger partial charge in [-0.25, -0.2) is 4.39 Å². The van der Waals surface area contributed by atoms with Gasteiger partial charge < -0.3 is 14.1 Å². The molecule has 1 aliphatic heterocycles. The molecular weight excluding hydrogens is 265 g/mol. The molecule has 1 aliphatic rings. The smallest absolute Gasteiger partial charge is 0.289 e. The summed E-state index contributed by atoms with van der Waals surface area (Å²) in [5.41, 5.74) is -0.224. The number of hydrogen-bond acceptors (Lipinski definition) is 4. The van der Waals surface area contributed by atoms with Gasteiger partial charge in [-0.05, 0) is 18.2 Å². The van der Waals surface area contributed by atoms with E-state index in [4.69, 9.17) is 9.15 Å². The predicted octanol–water partition coefficient (Wildman–Crippen LogP) is 1.40. The summed E-state index contributed by atoms with van der Waals surface area (Å²) in [7, 11) is 0. The Morgan fingerprint density at radius 3 is 2.70 bits per heavy atom. The molecule has 0 N–H and O–H groups in total. The first kappa shape index (κ1) is 12.8. The molecule has 1 fully saturated rings. The monoisotopic (exact) mass is 277 g/mol. The van der Waals surface area contributed by atoms with Crippen molar-refractivity contribution in [3.05, 3.63) is 46.1 Å². The number of rotatable bonds is 1. The van der Waals surface area contributed by atoms with Crippen LogP contribution in [0.1, 0.15) is 10.6 Å². The quantitative estimate of drug-likeness (QED) is 0.790. The molecule has 1 amide bonds. The Morgan fingerprint density at radius 2 is 1.95 bits per heavy atom. The summed E-state index contributed by atoms with van der Waals surface area (Å²) in [6, 6.07) is 4.75. The standard InChI is InChI=1S/C14H12FNO4/c15-9-1-2-12-10(7-9)11(17)8-13(20-12)14(18)16-3-5-19-6-4-16/h1-2,7-8H,3-6H2. The van der Waals surface area contributed by atoms with Crippen LogP contribution in [0.4, 0.5) is 4.39 Å². The van der Waals surface area contributed by atoms with Crippen LogP contribution in [0.2, 0.25) is 0 Å². The lowest BCUT2D eigenvalue weighted by Crippen LogP contribution is -2.40. The zero-order valence-electron chi connectivity index (χ0n) is 10.6. The van der Waals surface area contributed by atoms with E-state index >= 15 is 0 Å². The van der Waals surface area contributed by atoms with Crippen molar-refractivity contribution in [1.82, 2.24) is 4.90 Å². The summed E-state index contributed by atoms with van der Waals surface area (Å²) in [5.74, 6) is -0.898. The zero-order valence-corrected chi connectivity index (χ0v) is 10.6. The zero-order chi connectivity index (χ0) is 14.1. The van der Waals surface area contributed by atoms with Gasteiger partial charge in [0, 0.05) is 19.2 Å². The molecule has 104 valence electrons. The minimum atomic E-state index is -0.517. The molecule has 0 atom stereocenters. The predicted molar refractivity (Wildman–Crippen MR) is 69.2 cm³/mol. The van der Waals surface area contributed by atoms with Crippen molar-refractivity contribution in [3.63, 3.8) is 0 Å². The van der Waals surface area contributed by atoms with Crippen molar-refractivity contribution in [2.24, 2.45) is 0 Å². The number of ether oxygens (including phenoxy) is 1. The molecule has 0 saturated carbocycles. The fraction of sp³-hybridized carbons (Fsp3) is 0.286. The second-order valence-corrected chi connectivity index (χ2v) is 4.52. The third-order valence-corrected chi connectivity index (χ3v) is 3.20. The molecule has 1 aromatic heterocycles. The summed E-state index contributed by atoms with van der Waals surface area (Å²) in [6.45, 7) is 1.86. The highest BCUT2D eigenvalue weighted by atomic mass is 19.1. The molecule has 5 nitrogen and oxygen atoms in total. The van der Waals surface area contributed by atoms with E-state index in [0.717, 1.165) is 12.1 Å². The highest BCUT2D eigenvalue weighted by Gasteiger charge is 2.21. The molecule has 3 rings (SSSR count). The SMILES string of the molecule is O=C(c1cc(=O)c2cc(F)ccc2o1)N1CCOCC1. The van der Waals surface area contributed by atoms with Crippen molar-refractivity contribution in [3.8, 4) is 0 Å². The number of halogens is 1. The first-order valence-corrected chi connectivity index (χ1v) is 6.25. The van der Waals surface area contributed by atoms with Crippen LogP contribution in [0, 0.1) is 5.82 Å². The fourth-order valence-corrected chi connectivity index (χ4v) is 2.16. The summed E-state index contributed by atoms with van der Waals surface area (Å²) < 4.78 is 23.7. The molecule has 0 bridgehead atoms. The molecular formula is C14H12FNO4. The lowest BCUT2D eigenvalue weighted by Gasteiger charge is -2.26. The number of amides is 1. The van der Waals surface area contributed by atoms with E-state index in [-0.39, 0.29) is 22.6 Å². The number of fused-ring (bicyclic) bond motifs is 1. The van der Waals surface area contributed by atoms with Crippen LogP contribution < -0.4 is 5.43 Å². The molecule has 20 heavy (non-hydrogen) atoms. The fourth-order valence-electron chi connectivity index (χ4n) is 2.16. The average molecular weight is 277 g/mol. The molecule has 1 saturated heterocycles. The summed E-state index contributed by atoms with van der Waals surface area (Å²) in [5, 5.41) is 0.128. The molecule has 0 aliphatic carbocycles. The van der Waals surface area contributed by atoms with Crippen LogP contribution in [-0.2, 0) is 4.74 Å². The Hall–Kier alpha value is -2.21. The minimum absolute atomic E-state index is 0.0315. The number of carbonyl (C=O) groups is 1. The number of benzene rings is 1. The van der Waals surface area contributed by atoms with Gasteiger partial charge in [-0.15, -0.1) is 0 Å². The van der Waals surface area contributed by atoms with Gasteiger partial charge in [0.25, 0.3) is 5.91 Å². The van der Waals surface area contributed by atoms with Gasteiger partial charge in [-0.1, -0.05) is 0 Å². The van der Waals surface area contributed by atoms with Gasteiger partial charge in [-0.3, -0.25) is 9.59 Å². The van der Waals surface area contributed by atoms with Crippen LogP contribution in [0.3, 0.4) is 0 Å². The van der Waals surface area contributed by atoms with E-state index in [9.17, 15) is 14.0 Å². The first-order valence-electron chi connectivity index (χ1n) is 6.25. The Kier molecular flexibility index (Phi) is 3.23. The Bertz CT molecular complexity index is 719. The van der Waals surface area contributed by atoms with Gasteiger partial charge >= 0.3 is 0 Å². The number of morpholine rings is 1. The third kappa shape index (κ3) is 2.30. The van der Waals surface area contributed by atoms with E-state index in [1.54, 1.807) is 4.90 Å². The van der Waals surface area contributed by atoms with Gasteiger partial charge in [0.2, 0.25) is 0 Å². The van der Waals surface area contributed by atoms with Crippen molar-refractivity contribution < 1.29 is 18.3 Å². The Morgan fingerprint density at radius 1 is 1.20 bits per heavy atom. The van der Waals surface area contributed by atoms with Gasteiger partial charge in [-0.2, -0.15) is 0 Å². The second kappa shape index (κ2) is 5.05. The van der Waals surface area contributed by atoms with Crippen molar-refractivity contribution >= 4 is 16.9 Å². The maximum Gasteiger partial charge on any atom is 0.289 e. The lowest BCUT2D eigenvalue weighted by molar-refractivity contribution is 0.0283. The second-order valence-electron chi connectivity index (χ2n) is 4.52. The molecule has 1 aromatic carbocycles. The maximum absolute atomic E-state index is 13.1. The Balaban J connectivity index is 2.02. The van der Waals surface area contributed by atoms with E-state index in [1.807, 2.05) is 0 Å². The molecule has 2 heterocycles. The van der Waals surface area contributed by atoms with Crippen molar-refractivity contribution in [2.45, 2.75) is 0 Å². The molecule has 0 spiro atoms. The van der Waals surface area contributed by atoms with Crippen LogP contribution >= 0.6 is 0 Å². The highest BCUT2D eigenvalue weighted by molar-refractivity contribution is 5.93. The highest BCUT2D eigenvalue weighted by Crippen LogP contribution is 2.15. The normalized spacial score (nSPS) is 15.6. The summed E-state index contributed by atoms with van der Waals surface area (Å²) >= 11 is 0. The van der Waals surface area contributed by atoms with E-state index in [0.29, 0.717) is 26.3 Å². The topological polar surface area (TPSA) is 59.8 Å². The third-order valence-electron chi connectivity index (χ3n) is 3.20. The van der Waals surface area contributed by atoms with E-state index in [2.05, 4.69) is 0 Å². The van der Waals surface area contributed by atoms with Crippen molar-refractivity contribution in [2.75, 3.05) is 26.3 Å². The molecule has 0 radical (unpaired) electrons. The van der Waals surface area contributed by atoms with Gasteiger partial charge in [0.05, 0.1) is 18.6 Å². The number of nitrogens with zero attached hydrogens (tertiary/aromatic N) is 1. The van der Waals surface area contributed by atoms with Crippen LogP contribution in [0.5, 0.6) is 0 Å². The van der Waals surface area contributed by atoms with Gasteiger partial charge in [0.15, 0.2) is 11.2 Å². The molecule has 0 unspecified atom stereocenters. The van der Waals surface area contributed by atoms with Crippen molar-refractivity contribution in [1.29, 1.82) is 0 Å². The summed E-state index contributed by atoms with van der Waals surface area (Å²) in [6.07, 6.45) is 0. The number of hydrogen-bond donors (Lipinski definition) is 0. The summed E-state index contributed by atoms with van der Waals surface area (Å²) in [4.78, 5) is 25.7. The minimum Gasteiger partial charge on any atom is -0.451 e. The van der Waals surface area contributed by atoms with Crippen LogP contribution in [0.25, 0.3) is 11.0 Å². The largest absolute Gasteiger partial charge is 0.451 e. The Labute approximate surface area is 113 Å². The average Bonchev–Trinajstić information content (AvgIpc) is 2.48. The van der Waals surface area contributed by atoms with Crippen LogP contribution in [0.15, 0.2) is 33.5 Å². The van der Waals surface area contributed by atoms with E-state index < -0.39 is 11.2 Å². The first-order chi connectivity index (χ1) is 9.65. The van der Waals surface area contributed by atoms with Crippen LogP contribution in [-0.4, -0.2) is 37.1 Å². The lowest BCUT2D eigenvalue weighted by atomic mass is 10.2. The maximum atomic E-state index is 13.1. The van der Waals surface area contributed by atoms with Gasteiger partial charge in [0.1, 0.15) is 11.4 Å². The van der Waals surface area contributed by atoms with E-state index in [1.165, 1.54) is 12.1 Å². The molecule has 6 heteroatoms. The molecule has 2 aromatic rings. The number of carbonyl (C=O) groups excluding carboxylic acids is 1.